The summed E-state index contributed by atoms with van der Waals surface area (Å²) in [6.45, 7) is 13.7. The molecule has 3 aromatic carbocycles. The van der Waals surface area contributed by atoms with Gasteiger partial charge in [-0.3, -0.25) is 13.9 Å². The molecule has 41 heavy (non-hydrogen) atoms. The number of anilines is 1. The highest BCUT2D eigenvalue weighted by molar-refractivity contribution is 7.92. The first-order chi connectivity index (χ1) is 19.4. The van der Waals surface area contributed by atoms with Crippen LogP contribution in [-0.2, 0) is 26.2 Å². The highest BCUT2D eigenvalue weighted by atomic mass is 32.2. The van der Waals surface area contributed by atoms with E-state index in [0.29, 0.717) is 18.7 Å². The van der Waals surface area contributed by atoms with Gasteiger partial charge in [-0.2, -0.15) is 0 Å². The van der Waals surface area contributed by atoms with E-state index in [9.17, 15) is 18.0 Å². The van der Waals surface area contributed by atoms with Gasteiger partial charge in [0.25, 0.3) is 10.0 Å². The van der Waals surface area contributed by atoms with Crippen molar-refractivity contribution in [3.05, 3.63) is 94.5 Å². The van der Waals surface area contributed by atoms with E-state index in [-0.39, 0.29) is 23.3 Å². The Labute approximate surface area is 245 Å². The number of carbonyl (C=O) groups is 2. The van der Waals surface area contributed by atoms with Crippen molar-refractivity contribution in [3.63, 3.8) is 0 Å². The van der Waals surface area contributed by atoms with Crippen molar-refractivity contribution < 1.29 is 18.0 Å². The van der Waals surface area contributed by atoms with Crippen molar-refractivity contribution in [1.82, 2.24) is 10.2 Å². The number of carbonyl (C=O) groups excluding carboxylic acids is 2. The van der Waals surface area contributed by atoms with Gasteiger partial charge in [0.15, 0.2) is 0 Å². The predicted octanol–water partition coefficient (Wildman–Crippen LogP) is 5.70. The van der Waals surface area contributed by atoms with Gasteiger partial charge in [-0.15, -0.1) is 0 Å². The SMILES string of the molecule is CC[C@@H](C(=O)NCC(C)C)N(Cc1ccccc1C)C(=O)CN(c1cccc(C)c1C)S(=O)(=O)c1ccc(C)cc1. The minimum Gasteiger partial charge on any atom is -0.354 e. The zero-order valence-corrected chi connectivity index (χ0v) is 26.1. The van der Waals surface area contributed by atoms with E-state index in [1.165, 1.54) is 9.21 Å². The molecule has 1 atom stereocenters. The van der Waals surface area contributed by atoms with Crippen molar-refractivity contribution >= 4 is 27.5 Å². The third-order valence-electron chi connectivity index (χ3n) is 7.40. The first-order valence-corrected chi connectivity index (χ1v) is 15.6. The molecule has 220 valence electrons. The molecule has 0 heterocycles. The average molecular weight is 578 g/mol. The summed E-state index contributed by atoms with van der Waals surface area (Å²) < 4.78 is 29.4. The Hall–Kier alpha value is -3.65. The van der Waals surface area contributed by atoms with Crippen LogP contribution in [0.2, 0.25) is 0 Å². The predicted molar refractivity (Wildman–Crippen MR) is 165 cm³/mol. The minimum absolute atomic E-state index is 0.101. The van der Waals surface area contributed by atoms with E-state index in [1.807, 2.05) is 78.8 Å². The maximum atomic E-state index is 14.3. The van der Waals surface area contributed by atoms with Gasteiger partial charge in [0.05, 0.1) is 10.6 Å². The van der Waals surface area contributed by atoms with Gasteiger partial charge in [-0.05, 0) is 80.5 Å². The molecule has 0 aliphatic heterocycles. The van der Waals surface area contributed by atoms with E-state index < -0.39 is 28.5 Å². The van der Waals surface area contributed by atoms with Crippen LogP contribution in [0.25, 0.3) is 0 Å². The van der Waals surface area contributed by atoms with E-state index >= 15 is 0 Å². The van der Waals surface area contributed by atoms with Crippen LogP contribution in [0.3, 0.4) is 0 Å². The van der Waals surface area contributed by atoms with Crippen LogP contribution < -0.4 is 9.62 Å². The Morgan fingerprint density at radius 3 is 2.10 bits per heavy atom. The van der Waals surface area contributed by atoms with Gasteiger partial charge in [0.1, 0.15) is 12.6 Å². The van der Waals surface area contributed by atoms with Crippen molar-refractivity contribution in [2.24, 2.45) is 5.92 Å². The van der Waals surface area contributed by atoms with Gasteiger partial charge >= 0.3 is 0 Å². The summed E-state index contributed by atoms with van der Waals surface area (Å²) in [4.78, 5) is 29.3. The van der Waals surface area contributed by atoms with Crippen LogP contribution in [0.5, 0.6) is 0 Å². The number of hydrogen-bond donors (Lipinski definition) is 1. The lowest BCUT2D eigenvalue weighted by Crippen LogP contribution is -2.52. The van der Waals surface area contributed by atoms with Crippen LogP contribution in [0.1, 0.15) is 55.0 Å². The topological polar surface area (TPSA) is 86.8 Å². The van der Waals surface area contributed by atoms with Gasteiger partial charge in [-0.25, -0.2) is 8.42 Å². The summed E-state index contributed by atoms with van der Waals surface area (Å²) in [5.41, 5.74) is 4.93. The summed E-state index contributed by atoms with van der Waals surface area (Å²) >= 11 is 0. The number of aryl methyl sites for hydroxylation is 3. The molecule has 1 N–H and O–H groups in total. The van der Waals surface area contributed by atoms with Gasteiger partial charge < -0.3 is 10.2 Å². The van der Waals surface area contributed by atoms with Crippen LogP contribution in [0, 0.1) is 33.6 Å². The third-order valence-corrected chi connectivity index (χ3v) is 9.18. The Morgan fingerprint density at radius 1 is 0.854 bits per heavy atom. The fourth-order valence-corrected chi connectivity index (χ4v) is 6.14. The Bertz CT molecular complexity index is 1470. The Balaban J connectivity index is 2.10. The number of rotatable bonds is 12. The lowest BCUT2D eigenvalue weighted by molar-refractivity contribution is -0.140. The zero-order valence-electron chi connectivity index (χ0n) is 25.3. The van der Waals surface area contributed by atoms with Crippen LogP contribution in [-0.4, -0.2) is 44.3 Å². The second-order valence-electron chi connectivity index (χ2n) is 11.1. The summed E-state index contributed by atoms with van der Waals surface area (Å²) in [6, 6.07) is 19.0. The Morgan fingerprint density at radius 2 is 1.49 bits per heavy atom. The lowest BCUT2D eigenvalue weighted by Gasteiger charge is -2.34. The average Bonchev–Trinajstić information content (AvgIpc) is 2.93. The fourth-order valence-electron chi connectivity index (χ4n) is 4.67. The fraction of sp³-hybridized carbons (Fsp3) is 0.394. The molecule has 0 unspecified atom stereocenters. The molecule has 0 bridgehead atoms. The molecule has 0 aliphatic rings. The van der Waals surface area contributed by atoms with Crippen molar-refractivity contribution in [2.45, 2.75) is 72.4 Å². The van der Waals surface area contributed by atoms with Crippen LogP contribution in [0.4, 0.5) is 5.69 Å². The maximum Gasteiger partial charge on any atom is 0.264 e. The van der Waals surface area contributed by atoms with E-state index in [2.05, 4.69) is 5.32 Å². The van der Waals surface area contributed by atoms with Gasteiger partial charge in [0.2, 0.25) is 11.8 Å². The molecule has 0 saturated heterocycles. The minimum atomic E-state index is -4.11. The molecule has 3 aromatic rings. The number of amides is 2. The molecule has 0 saturated carbocycles. The standard InChI is InChI=1S/C33H43N3O4S/c1-8-30(33(38)34-20-23(2)3)35(21-28-14-10-9-12-26(28)6)32(37)22-36(31-15-11-13-25(5)27(31)7)41(39,40)29-18-16-24(4)17-19-29/h9-19,23,30H,8,20-22H2,1-7H3,(H,34,38)/t30-/m0/s1. The summed E-state index contributed by atoms with van der Waals surface area (Å²) in [7, 11) is -4.11. The van der Waals surface area contributed by atoms with Crippen LogP contribution in [0.15, 0.2) is 71.6 Å². The number of sulfonamides is 1. The summed E-state index contributed by atoms with van der Waals surface area (Å²) in [6.07, 6.45) is 0.385. The monoisotopic (exact) mass is 577 g/mol. The van der Waals surface area contributed by atoms with Crippen molar-refractivity contribution in [3.8, 4) is 0 Å². The molecular formula is C33H43N3O4S. The van der Waals surface area contributed by atoms with Crippen molar-refractivity contribution in [1.29, 1.82) is 0 Å². The number of nitrogens with zero attached hydrogens (tertiary/aromatic N) is 2. The highest BCUT2D eigenvalue weighted by Crippen LogP contribution is 2.29. The molecule has 0 fully saturated rings. The first-order valence-electron chi connectivity index (χ1n) is 14.1. The molecular weight excluding hydrogens is 534 g/mol. The smallest absolute Gasteiger partial charge is 0.264 e. The molecule has 0 aliphatic carbocycles. The molecule has 8 heteroatoms. The number of benzene rings is 3. The summed E-state index contributed by atoms with van der Waals surface area (Å²) in [5, 5.41) is 2.97. The van der Waals surface area contributed by atoms with Gasteiger partial charge in [-0.1, -0.05) is 74.9 Å². The highest BCUT2D eigenvalue weighted by Gasteiger charge is 2.34. The lowest BCUT2D eigenvalue weighted by atomic mass is 10.1. The third kappa shape index (κ3) is 7.76. The maximum absolute atomic E-state index is 14.3. The second-order valence-corrected chi connectivity index (χ2v) is 12.9. The zero-order chi connectivity index (χ0) is 30.3. The normalized spacial score (nSPS) is 12.2. The van der Waals surface area contributed by atoms with E-state index in [0.717, 1.165) is 27.8 Å². The molecule has 3 rings (SSSR count). The first kappa shape index (κ1) is 31.9. The second kappa shape index (κ2) is 13.8. The molecule has 2 amide bonds. The van der Waals surface area contributed by atoms with Crippen molar-refractivity contribution in [2.75, 3.05) is 17.4 Å². The molecule has 7 nitrogen and oxygen atoms in total. The van der Waals surface area contributed by atoms with E-state index in [4.69, 9.17) is 0 Å². The number of nitrogens with one attached hydrogen (secondary N) is 1. The van der Waals surface area contributed by atoms with Crippen LogP contribution >= 0.6 is 0 Å². The van der Waals surface area contributed by atoms with E-state index in [1.54, 1.807) is 36.4 Å². The molecule has 0 aromatic heterocycles. The largest absolute Gasteiger partial charge is 0.354 e. The molecule has 0 radical (unpaired) electrons. The quantitative estimate of drug-likeness (QED) is 0.299. The Kier molecular flexibility index (Phi) is 10.7. The molecule has 0 spiro atoms. The van der Waals surface area contributed by atoms with Gasteiger partial charge in [0, 0.05) is 13.1 Å². The number of hydrogen-bond acceptors (Lipinski definition) is 4. The summed E-state index contributed by atoms with van der Waals surface area (Å²) in [5.74, 6) is -0.449.